The monoisotopic (exact) mass is 253 g/mol. The molecule has 1 fully saturated rings. The molecule has 1 saturated heterocycles. The highest BCUT2D eigenvalue weighted by atomic mass is 35.5. The predicted molar refractivity (Wildman–Crippen MR) is 72.5 cm³/mol. The van der Waals surface area contributed by atoms with E-state index in [1.807, 2.05) is 12.1 Å². The van der Waals surface area contributed by atoms with Crippen molar-refractivity contribution in [3.63, 3.8) is 0 Å². The van der Waals surface area contributed by atoms with E-state index in [-0.39, 0.29) is 6.61 Å². The van der Waals surface area contributed by atoms with Gasteiger partial charge in [-0.15, -0.1) is 0 Å². The zero-order valence-corrected chi connectivity index (χ0v) is 11.2. The van der Waals surface area contributed by atoms with Gasteiger partial charge in [0.05, 0.1) is 6.61 Å². The number of aliphatic hydroxyl groups excluding tert-OH is 1. The first-order valence-electron chi connectivity index (χ1n) is 6.24. The van der Waals surface area contributed by atoms with Gasteiger partial charge in [0.25, 0.3) is 0 Å². The molecule has 1 N–H and O–H groups in total. The molecule has 0 aromatic heterocycles. The van der Waals surface area contributed by atoms with E-state index in [1.165, 1.54) is 12.1 Å². The lowest BCUT2D eigenvalue weighted by Gasteiger charge is -2.36. The molecule has 2 atom stereocenters. The summed E-state index contributed by atoms with van der Waals surface area (Å²) in [5.41, 5.74) is 1.97. The zero-order chi connectivity index (χ0) is 12.4. The van der Waals surface area contributed by atoms with Crippen molar-refractivity contribution in [2.24, 2.45) is 11.8 Å². The fourth-order valence-electron chi connectivity index (χ4n) is 2.73. The van der Waals surface area contributed by atoms with E-state index in [0.717, 1.165) is 30.5 Å². The molecule has 3 heteroatoms. The summed E-state index contributed by atoms with van der Waals surface area (Å²) in [6, 6.07) is 5.95. The number of nitrogens with zero attached hydrogens (tertiary/aromatic N) is 1. The largest absolute Gasteiger partial charge is 0.392 e. The average Bonchev–Trinajstić information content (AvgIpc) is 2.27. The molecule has 0 saturated carbocycles. The summed E-state index contributed by atoms with van der Waals surface area (Å²) in [5.74, 6) is 1.46. The van der Waals surface area contributed by atoms with Crippen molar-refractivity contribution < 1.29 is 5.11 Å². The van der Waals surface area contributed by atoms with Crippen LogP contribution in [-0.4, -0.2) is 18.2 Å². The lowest BCUT2D eigenvalue weighted by molar-refractivity contribution is 0.282. The van der Waals surface area contributed by atoms with E-state index in [4.69, 9.17) is 16.7 Å². The van der Waals surface area contributed by atoms with E-state index in [0.29, 0.717) is 5.02 Å². The lowest BCUT2D eigenvalue weighted by atomic mass is 9.91. The third-order valence-electron chi connectivity index (χ3n) is 3.44. The number of anilines is 1. The van der Waals surface area contributed by atoms with Crippen molar-refractivity contribution >= 4 is 17.3 Å². The first-order valence-corrected chi connectivity index (χ1v) is 6.62. The number of hydrogen-bond acceptors (Lipinski definition) is 2. The maximum absolute atomic E-state index is 9.11. The van der Waals surface area contributed by atoms with Crippen molar-refractivity contribution in [1.82, 2.24) is 0 Å². The third-order valence-corrected chi connectivity index (χ3v) is 3.79. The molecule has 94 valence electrons. The second kappa shape index (κ2) is 5.28. The first kappa shape index (κ1) is 12.7. The summed E-state index contributed by atoms with van der Waals surface area (Å²) in [5, 5.41) is 9.77. The number of hydrogen-bond donors (Lipinski definition) is 1. The van der Waals surface area contributed by atoms with E-state index in [1.54, 1.807) is 0 Å². The van der Waals surface area contributed by atoms with Gasteiger partial charge in [0.1, 0.15) is 0 Å². The topological polar surface area (TPSA) is 23.5 Å². The molecule has 1 aliphatic rings. The van der Waals surface area contributed by atoms with Gasteiger partial charge in [-0.05, 0) is 36.0 Å². The van der Waals surface area contributed by atoms with Gasteiger partial charge in [0.2, 0.25) is 0 Å². The van der Waals surface area contributed by atoms with Gasteiger partial charge in [-0.1, -0.05) is 31.5 Å². The highest BCUT2D eigenvalue weighted by molar-refractivity contribution is 6.31. The van der Waals surface area contributed by atoms with Crippen molar-refractivity contribution in [2.75, 3.05) is 18.0 Å². The molecule has 0 amide bonds. The summed E-state index contributed by atoms with van der Waals surface area (Å²) in [7, 11) is 0. The van der Waals surface area contributed by atoms with Gasteiger partial charge in [0, 0.05) is 23.8 Å². The van der Waals surface area contributed by atoms with Crippen molar-refractivity contribution in [3.05, 3.63) is 28.8 Å². The standard InChI is InChI=1S/C14H20ClNO/c1-10-5-11(2)8-16(7-10)13-4-3-12(9-17)14(15)6-13/h3-4,6,10-11,17H,5,7-9H2,1-2H3. The van der Waals surface area contributed by atoms with E-state index in [9.17, 15) is 0 Å². The van der Waals surface area contributed by atoms with Crippen LogP contribution in [0.2, 0.25) is 5.02 Å². The van der Waals surface area contributed by atoms with Crippen LogP contribution in [0.4, 0.5) is 5.69 Å². The molecule has 0 radical (unpaired) electrons. The Balaban J connectivity index is 2.19. The lowest BCUT2D eigenvalue weighted by Crippen LogP contribution is -2.38. The van der Waals surface area contributed by atoms with Crippen LogP contribution in [-0.2, 0) is 6.61 Å². The molecular formula is C14H20ClNO. The van der Waals surface area contributed by atoms with Crippen LogP contribution in [0.3, 0.4) is 0 Å². The van der Waals surface area contributed by atoms with Gasteiger partial charge < -0.3 is 10.0 Å². The Morgan fingerprint density at radius 3 is 2.47 bits per heavy atom. The molecule has 1 heterocycles. The van der Waals surface area contributed by atoms with Gasteiger partial charge in [-0.3, -0.25) is 0 Å². The number of piperidine rings is 1. The fourth-order valence-corrected chi connectivity index (χ4v) is 2.97. The maximum atomic E-state index is 9.11. The van der Waals surface area contributed by atoms with Gasteiger partial charge >= 0.3 is 0 Å². The molecule has 2 unspecified atom stereocenters. The summed E-state index contributed by atoms with van der Waals surface area (Å²) >= 11 is 6.13. The van der Waals surface area contributed by atoms with Crippen LogP contribution in [0.25, 0.3) is 0 Å². The summed E-state index contributed by atoms with van der Waals surface area (Å²) in [4.78, 5) is 2.39. The van der Waals surface area contributed by atoms with E-state index >= 15 is 0 Å². The highest BCUT2D eigenvalue weighted by Gasteiger charge is 2.22. The Morgan fingerprint density at radius 2 is 1.94 bits per heavy atom. The molecule has 1 aromatic rings. The SMILES string of the molecule is CC1CC(C)CN(c2ccc(CO)c(Cl)c2)C1. The van der Waals surface area contributed by atoms with Crippen LogP contribution in [0.1, 0.15) is 25.8 Å². The Kier molecular flexibility index (Phi) is 3.95. The van der Waals surface area contributed by atoms with Gasteiger partial charge in [-0.2, -0.15) is 0 Å². The second-order valence-electron chi connectivity index (χ2n) is 5.28. The minimum atomic E-state index is 0.00587. The number of halogens is 1. The zero-order valence-electron chi connectivity index (χ0n) is 10.5. The second-order valence-corrected chi connectivity index (χ2v) is 5.69. The Bertz CT molecular complexity index is 384. The maximum Gasteiger partial charge on any atom is 0.0696 e. The van der Waals surface area contributed by atoms with Crippen LogP contribution in [0.15, 0.2) is 18.2 Å². The van der Waals surface area contributed by atoms with Crippen molar-refractivity contribution in [3.8, 4) is 0 Å². The summed E-state index contributed by atoms with van der Waals surface area (Å²) in [6.07, 6.45) is 1.30. The van der Waals surface area contributed by atoms with Crippen LogP contribution in [0, 0.1) is 11.8 Å². The first-order chi connectivity index (χ1) is 8.10. The third kappa shape index (κ3) is 2.93. The van der Waals surface area contributed by atoms with Crippen LogP contribution in [0.5, 0.6) is 0 Å². The van der Waals surface area contributed by atoms with Crippen LogP contribution < -0.4 is 4.90 Å². The summed E-state index contributed by atoms with van der Waals surface area (Å²) in [6.45, 7) is 6.79. The van der Waals surface area contributed by atoms with Crippen molar-refractivity contribution in [2.45, 2.75) is 26.9 Å². The fraction of sp³-hybridized carbons (Fsp3) is 0.571. The minimum absolute atomic E-state index is 0.00587. The Hall–Kier alpha value is -0.730. The average molecular weight is 254 g/mol. The summed E-state index contributed by atoms with van der Waals surface area (Å²) < 4.78 is 0. The van der Waals surface area contributed by atoms with E-state index in [2.05, 4.69) is 24.8 Å². The molecule has 1 aromatic carbocycles. The Morgan fingerprint density at radius 1 is 1.29 bits per heavy atom. The normalized spacial score (nSPS) is 25.1. The molecule has 0 spiro atoms. The molecule has 2 nitrogen and oxygen atoms in total. The Labute approximate surface area is 108 Å². The smallest absolute Gasteiger partial charge is 0.0696 e. The minimum Gasteiger partial charge on any atom is -0.392 e. The number of rotatable bonds is 2. The highest BCUT2D eigenvalue weighted by Crippen LogP contribution is 2.29. The van der Waals surface area contributed by atoms with Crippen LogP contribution >= 0.6 is 11.6 Å². The molecule has 17 heavy (non-hydrogen) atoms. The molecule has 2 rings (SSSR count). The molecule has 0 bridgehead atoms. The molecule has 1 aliphatic heterocycles. The molecule has 0 aliphatic carbocycles. The van der Waals surface area contributed by atoms with Gasteiger partial charge in [-0.25, -0.2) is 0 Å². The van der Waals surface area contributed by atoms with Crippen molar-refractivity contribution in [1.29, 1.82) is 0 Å². The molecular weight excluding hydrogens is 234 g/mol. The van der Waals surface area contributed by atoms with Gasteiger partial charge in [0.15, 0.2) is 0 Å². The predicted octanol–water partition coefficient (Wildman–Crippen LogP) is 3.31. The number of aliphatic hydroxyl groups is 1. The van der Waals surface area contributed by atoms with E-state index < -0.39 is 0 Å². The quantitative estimate of drug-likeness (QED) is 0.874. The number of benzene rings is 1.